The van der Waals surface area contributed by atoms with Crippen molar-refractivity contribution >= 4 is 11.8 Å². The summed E-state index contributed by atoms with van der Waals surface area (Å²) < 4.78 is 73.9. The van der Waals surface area contributed by atoms with Crippen molar-refractivity contribution < 1.29 is 36.6 Å². The molecule has 45 heavy (non-hydrogen) atoms. The van der Waals surface area contributed by atoms with Gasteiger partial charge in [-0.3, -0.25) is 14.4 Å². The van der Waals surface area contributed by atoms with Gasteiger partial charge in [-0.15, -0.1) is 0 Å². The molecule has 0 saturated carbocycles. The van der Waals surface area contributed by atoms with E-state index in [2.05, 4.69) is 0 Å². The van der Waals surface area contributed by atoms with E-state index in [1.807, 2.05) is 19.0 Å². The second-order valence-electron chi connectivity index (χ2n) is 12.3. The van der Waals surface area contributed by atoms with Crippen LogP contribution in [-0.2, 0) is 22.2 Å². The third kappa shape index (κ3) is 8.87. The number of hydrogen-bond acceptors (Lipinski definition) is 4. The van der Waals surface area contributed by atoms with Crippen molar-refractivity contribution in [1.82, 2.24) is 9.47 Å². The molecule has 0 fully saturated rings. The number of ketones is 1. The van der Waals surface area contributed by atoms with Gasteiger partial charge in [-0.25, -0.2) is 8.78 Å². The van der Waals surface area contributed by atoms with E-state index in [9.17, 15) is 37.1 Å². The van der Waals surface area contributed by atoms with Crippen LogP contribution in [-0.4, -0.2) is 47.0 Å². The van der Waals surface area contributed by atoms with E-state index in [0.717, 1.165) is 10.6 Å². The number of carboxylic acids is 1. The first-order chi connectivity index (χ1) is 20.9. The van der Waals surface area contributed by atoms with Crippen molar-refractivity contribution in [3.05, 3.63) is 92.4 Å². The molecule has 3 rings (SSSR count). The summed E-state index contributed by atoms with van der Waals surface area (Å²) in [7, 11) is 3.64. The van der Waals surface area contributed by atoms with Crippen LogP contribution in [0.4, 0.5) is 22.0 Å². The van der Waals surface area contributed by atoms with Gasteiger partial charge >= 0.3 is 12.1 Å². The molecule has 0 saturated heterocycles. The van der Waals surface area contributed by atoms with Gasteiger partial charge < -0.3 is 14.6 Å². The summed E-state index contributed by atoms with van der Waals surface area (Å²) in [6, 6.07) is 6.82. The Morgan fingerprint density at radius 2 is 1.62 bits per heavy atom. The predicted octanol–water partition coefficient (Wildman–Crippen LogP) is 7.34. The first-order valence-corrected chi connectivity index (χ1v) is 14.7. The van der Waals surface area contributed by atoms with Crippen LogP contribution in [0.1, 0.15) is 72.9 Å². The van der Waals surface area contributed by atoms with Gasteiger partial charge in [-0.1, -0.05) is 32.0 Å². The molecule has 0 aliphatic rings. The zero-order valence-electron chi connectivity index (χ0n) is 26.3. The molecule has 0 bridgehead atoms. The van der Waals surface area contributed by atoms with Crippen LogP contribution in [0.3, 0.4) is 0 Å². The number of carbonyl (C=O) groups is 2. The lowest BCUT2D eigenvalue weighted by molar-refractivity contribution is -0.140. The van der Waals surface area contributed by atoms with Crippen molar-refractivity contribution in [3.63, 3.8) is 0 Å². The Morgan fingerprint density at radius 3 is 2.16 bits per heavy atom. The quantitative estimate of drug-likeness (QED) is 0.199. The Labute approximate surface area is 259 Å². The van der Waals surface area contributed by atoms with Gasteiger partial charge in [0.25, 0.3) is 5.56 Å². The SMILES string of the molecule is Cc1cccc(C)c1-c1cc([C@H](CC(=O)O)CC(=O)C(CC(C)C)n2cc(CCN(C)C)cc(F)c2=O)c(F)c(C(F)(F)F)c1. The Morgan fingerprint density at radius 1 is 1.00 bits per heavy atom. The number of aryl methyl sites for hydroxylation is 2. The number of benzene rings is 2. The van der Waals surface area contributed by atoms with Crippen LogP contribution in [0, 0.1) is 31.4 Å². The molecule has 1 heterocycles. The number of pyridine rings is 1. The molecule has 1 N–H and O–H groups in total. The highest BCUT2D eigenvalue weighted by Crippen LogP contribution is 2.41. The third-order valence-electron chi connectivity index (χ3n) is 7.79. The molecule has 0 radical (unpaired) electrons. The summed E-state index contributed by atoms with van der Waals surface area (Å²) in [4.78, 5) is 40.7. The van der Waals surface area contributed by atoms with Gasteiger partial charge in [-0.2, -0.15) is 13.2 Å². The van der Waals surface area contributed by atoms with Crippen molar-refractivity contribution in [2.75, 3.05) is 20.6 Å². The fourth-order valence-electron chi connectivity index (χ4n) is 5.64. The summed E-state index contributed by atoms with van der Waals surface area (Å²) in [6.45, 7) is 7.46. The largest absolute Gasteiger partial charge is 0.481 e. The molecule has 2 atom stereocenters. The van der Waals surface area contributed by atoms with Crippen LogP contribution >= 0.6 is 0 Å². The molecule has 3 aromatic rings. The highest BCUT2D eigenvalue weighted by molar-refractivity contribution is 5.84. The van der Waals surface area contributed by atoms with Gasteiger partial charge in [0.05, 0.1) is 18.0 Å². The summed E-state index contributed by atoms with van der Waals surface area (Å²) >= 11 is 0. The number of nitrogens with zero attached hydrogens (tertiary/aromatic N) is 2. The summed E-state index contributed by atoms with van der Waals surface area (Å²) in [6.07, 6.45) is -4.84. The fraction of sp³-hybridized carbons (Fsp3) is 0.441. The maximum Gasteiger partial charge on any atom is 0.419 e. The van der Waals surface area contributed by atoms with Crippen LogP contribution in [0.15, 0.2) is 47.4 Å². The summed E-state index contributed by atoms with van der Waals surface area (Å²) in [5.41, 5.74) is -1.04. The van der Waals surface area contributed by atoms with Crippen molar-refractivity contribution in [3.8, 4) is 11.1 Å². The average molecular weight is 635 g/mol. The molecule has 11 heteroatoms. The predicted molar refractivity (Wildman–Crippen MR) is 162 cm³/mol. The fourth-order valence-corrected chi connectivity index (χ4v) is 5.64. The highest BCUT2D eigenvalue weighted by Gasteiger charge is 2.38. The lowest BCUT2D eigenvalue weighted by Crippen LogP contribution is -2.34. The number of Topliss-reactive ketones (excluding diaryl/α,β-unsaturated/α-hetero) is 1. The van der Waals surface area contributed by atoms with Crippen LogP contribution < -0.4 is 5.56 Å². The Bertz CT molecular complexity index is 1590. The number of carboxylic acid groups (broad SMARTS) is 1. The second-order valence-corrected chi connectivity index (χ2v) is 12.3. The summed E-state index contributed by atoms with van der Waals surface area (Å²) in [5, 5.41) is 9.71. The highest BCUT2D eigenvalue weighted by atomic mass is 19.4. The molecule has 244 valence electrons. The van der Waals surface area contributed by atoms with E-state index < -0.39 is 71.1 Å². The zero-order valence-corrected chi connectivity index (χ0v) is 26.3. The minimum Gasteiger partial charge on any atom is -0.481 e. The molecule has 6 nitrogen and oxygen atoms in total. The van der Waals surface area contributed by atoms with Gasteiger partial charge in [0, 0.05) is 25.1 Å². The van der Waals surface area contributed by atoms with Crippen LogP contribution in [0.2, 0.25) is 0 Å². The molecule has 2 aromatic carbocycles. The first-order valence-electron chi connectivity index (χ1n) is 14.7. The number of hydrogen-bond donors (Lipinski definition) is 1. The summed E-state index contributed by atoms with van der Waals surface area (Å²) in [5.74, 6) is -6.59. The second kappa shape index (κ2) is 14.5. The zero-order chi connectivity index (χ0) is 33.8. The molecule has 1 aromatic heterocycles. The number of alkyl halides is 3. The van der Waals surface area contributed by atoms with Crippen molar-refractivity contribution in [2.24, 2.45) is 5.92 Å². The van der Waals surface area contributed by atoms with E-state index in [-0.39, 0.29) is 17.9 Å². The first kappa shape index (κ1) is 35.6. The van der Waals surface area contributed by atoms with Crippen LogP contribution in [0.5, 0.6) is 0 Å². The maximum absolute atomic E-state index is 15.7. The monoisotopic (exact) mass is 634 g/mol. The van der Waals surface area contributed by atoms with Gasteiger partial charge in [0.1, 0.15) is 5.82 Å². The van der Waals surface area contributed by atoms with E-state index in [1.54, 1.807) is 45.9 Å². The molecule has 0 aliphatic carbocycles. The van der Waals surface area contributed by atoms with Gasteiger partial charge in [-0.05, 0) is 98.3 Å². The Kier molecular flexibility index (Phi) is 11.5. The lowest BCUT2D eigenvalue weighted by Gasteiger charge is -2.25. The van der Waals surface area contributed by atoms with Crippen molar-refractivity contribution in [2.45, 2.75) is 71.5 Å². The van der Waals surface area contributed by atoms with Crippen molar-refractivity contribution in [1.29, 1.82) is 0 Å². The number of aliphatic carboxylic acids is 1. The van der Waals surface area contributed by atoms with Gasteiger partial charge in [0.2, 0.25) is 0 Å². The number of halogens is 5. The average Bonchev–Trinajstić information content (AvgIpc) is 2.91. The van der Waals surface area contributed by atoms with E-state index in [1.165, 1.54) is 12.3 Å². The molecular formula is C34H39F5N2O4. The Hall–Kier alpha value is -3.86. The standard InChI is InChI=1S/C34H39F5N2O4/c1-19(2)12-28(41-18-22(10-11-40(5)6)13-27(35)33(41)45)29(42)16-23(17-30(43)44)25-14-24(15-26(32(25)36)34(37,38)39)31-20(3)8-7-9-21(31)4/h7-9,13-15,18-19,23,28H,10-12,16-17H2,1-6H3,(H,43,44)/t23-,28?/m0/s1. The Balaban J connectivity index is 2.19. The van der Waals surface area contributed by atoms with Crippen LogP contribution in [0.25, 0.3) is 11.1 Å². The smallest absolute Gasteiger partial charge is 0.419 e. The number of carbonyl (C=O) groups excluding carboxylic acids is 1. The molecule has 1 unspecified atom stereocenters. The van der Waals surface area contributed by atoms with Gasteiger partial charge in [0.15, 0.2) is 11.6 Å². The molecular weight excluding hydrogens is 595 g/mol. The number of likely N-dealkylation sites (N-methyl/N-ethyl adjacent to an activating group) is 1. The topological polar surface area (TPSA) is 79.6 Å². The molecule has 0 aliphatic heterocycles. The third-order valence-corrected chi connectivity index (χ3v) is 7.79. The van der Waals surface area contributed by atoms with E-state index >= 15 is 4.39 Å². The van der Waals surface area contributed by atoms with E-state index in [4.69, 9.17) is 0 Å². The minimum atomic E-state index is -5.11. The number of aromatic nitrogens is 1. The number of rotatable bonds is 13. The van der Waals surface area contributed by atoms with E-state index in [0.29, 0.717) is 41.3 Å². The molecule has 0 amide bonds. The minimum absolute atomic E-state index is 0.0303. The molecule has 0 spiro atoms. The maximum atomic E-state index is 15.7. The lowest BCUT2D eigenvalue weighted by atomic mass is 9.83. The normalized spacial score (nSPS) is 13.4.